The number of fused-ring (bicyclic) bond motifs is 1. The van der Waals surface area contributed by atoms with Gasteiger partial charge in [-0.15, -0.1) is 0 Å². The minimum atomic E-state index is -4.85. The fourth-order valence-corrected chi connectivity index (χ4v) is 3.93. The van der Waals surface area contributed by atoms with Gasteiger partial charge in [0.25, 0.3) is 10.0 Å². The first-order valence-corrected chi connectivity index (χ1v) is 9.80. The Balaban J connectivity index is 0.000000390. The van der Waals surface area contributed by atoms with E-state index in [9.17, 15) is 44.3 Å². The van der Waals surface area contributed by atoms with Crippen molar-refractivity contribution in [2.24, 2.45) is 0 Å². The van der Waals surface area contributed by atoms with Crippen LogP contribution in [-0.4, -0.2) is 37.9 Å². The van der Waals surface area contributed by atoms with Crippen LogP contribution >= 0.6 is 0 Å². The Labute approximate surface area is 177 Å². The normalized spacial score (nSPS) is 12.1. The predicted molar refractivity (Wildman–Crippen MR) is 99.4 cm³/mol. The minimum absolute atomic E-state index is 0.219. The van der Waals surface area contributed by atoms with E-state index in [1.54, 1.807) is 0 Å². The molecule has 3 rings (SSSR count). The molecule has 2 aromatic carbocycles. The molecule has 0 fully saturated rings. The van der Waals surface area contributed by atoms with Crippen LogP contribution in [-0.2, 0) is 25.7 Å². The maximum Gasteiger partial charge on any atom is 0.490 e. The van der Waals surface area contributed by atoms with Crippen molar-refractivity contribution in [3.8, 4) is 0 Å². The van der Waals surface area contributed by atoms with Gasteiger partial charge in [-0.05, 0) is 30.3 Å². The fourth-order valence-electron chi connectivity index (χ4n) is 2.54. The number of esters is 1. The number of nitrogens with zero attached hydrogens (tertiary/aromatic N) is 1. The number of carbonyl (C=O) groups is 2. The topological polar surface area (TPSA) is 82.4 Å². The summed E-state index contributed by atoms with van der Waals surface area (Å²) in [6, 6.07) is 9.47. The molecule has 0 bridgehead atoms. The van der Waals surface area contributed by atoms with Crippen molar-refractivity contribution < 1.29 is 49.1 Å². The van der Waals surface area contributed by atoms with Gasteiger partial charge in [0.05, 0.1) is 23.1 Å². The SMILES string of the molecule is COC(=O)C(F)(F)F.O=Cc1cccc2c1ccn2S(=O)(=O)c1cccc(C(F)(F)F)c1. The molecule has 0 unspecified atom stereocenters. The minimum Gasteiger partial charge on any atom is -0.462 e. The van der Waals surface area contributed by atoms with Crippen molar-refractivity contribution >= 4 is 33.2 Å². The number of rotatable bonds is 3. The number of methoxy groups -OCH3 is 1. The fraction of sp³-hybridized carbons (Fsp3) is 0.158. The lowest BCUT2D eigenvalue weighted by molar-refractivity contribution is -0.196. The molecule has 0 saturated carbocycles. The molecular weight excluding hydrogens is 468 g/mol. The van der Waals surface area contributed by atoms with Crippen LogP contribution in [0.2, 0.25) is 0 Å². The number of alkyl halides is 6. The van der Waals surface area contributed by atoms with Gasteiger partial charge in [0.2, 0.25) is 0 Å². The maximum absolute atomic E-state index is 12.8. The molecule has 1 aromatic heterocycles. The van der Waals surface area contributed by atoms with Gasteiger partial charge >= 0.3 is 18.3 Å². The van der Waals surface area contributed by atoms with E-state index in [1.165, 1.54) is 30.5 Å². The monoisotopic (exact) mass is 481 g/mol. The highest BCUT2D eigenvalue weighted by atomic mass is 32.2. The molecule has 0 radical (unpaired) electrons. The van der Waals surface area contributed by atoms with Gasteiger partial charge in [-0.1, -0.05) is 18.2 Å². The van der Waals surface area contributed by atoms with Crippen LogP contribution in [0, 0.1) is 0 Å². The molecule has 3 aromatic rings. The number of halogens is 6. The third kappa shape index (κ3) is 5.28. The number of hydrogen-bond donors (Lipinski definition) is 0. The molecule has 0 spiro atoms. The second-order valence-corrected chi connectivity index (χ2v) is 7.84. The van der Waals surface area contributed by atoms with Gasteiger partial charge in [0, 0.05) is 17.1 Å². The molecule has 0 saturated heterocycles. The van der Waals surface area contributed by atoms with Gasteiger partial charge in [-0.25, -0.2) is 17.2 Å². The Morgan fingerprint density at radius 1 is 1.00 bits per heavy atom. The number of carbonyl (C=O) groups excluding carboxylic acids is 2. The molecule has 13 heteroatoms. The summed E-state index contributed by atoms with van der Waals surface area (Å²) in [5, 5.41) is 0.406. The van der Waals surface area contributed by atoms with Crippen LogP contribution in [0.3, 0.4) is 0 Å². The summed E-state index contributed by atoms with van der Waals surface area (Å²) in [5.41, 5.74) is -0.531. The van der Waals surface area contributed by atoms with Crippen LogP contribution in [0.4, 0.5) is 26.3 Å². The van der Waals surface area contributed by atoms with Crippen LogP contribution < -0.4 is 0 Å². The van der Waals surface area contributed by atoms with Gasteiger partial charge in [0.1, 0.15) is 0 Å². The van der Waals surface area contributed by atoms with E-state index in [0.29, 0.717) is 30.4 Å². The quantitative estimate of drug-likeness (QED) is 0.314. The average Bonchev–Trinajstić information content (AvgIpc) is 3.17. The zero-order chi connectivity index (χ0) is 24.3. The van der Waals surface area contributed by atoms with Gasteiger partial charge in [-0.3, -0.25) is 4.79 Å². The van der Waals surface area contributed by atoms with E-state index < -0.39 is 38.8 Å². The molecule has 0 aliphatic carbocycles. The summed E-state index contributed by atoms with van der Waals surface area (Å²) >= 11 is 0. The van der Waals surface area contributed by atoms with Crippen LogP contribution in [0.5, 0.6) is 0 Å². The third-order valence-corrected chi connectivity index (χ3v) is 5.68. The largest absolute Gasteiger partial charge is 0.490 e. The van der Waals surface area contributed by atoms with Crippen LogP contribution in [0.15, 0.2) is 59.6 Å². The standard InChI is InChI=1S/C16H10F3NO3S.C3H3F3O2/c17-16(18,19)12-4-2-5-13(9-12)24(22,23)20-8-7-14-11(10-21)3-1-6-15(14)20;1-8-2(7)3(4,5)6/h1-10H;1H3. The second kappa shape index (κ2) is 9.02. The van der Waals surface area contributed by atoms with E-state index >= 15 is 0 Å². The predicted octanol–water partition coefficient (Wildman–Crippen LogP) is 4.43. The maximum atomic E-state index is 12.8. The van der Waals surface area contributed by atoms with E-state index in [4.69, 9.17) is 0 Å². The summed E-state index contributed by atoms with van der Waals surface area (Å²) in [4.78, 5) is 20.0. The molecule has 0 atom stereocenters. The van der Waals surface area contributed by atoms with Crippen LogP contribution in [0.25, 0.3) is 10.9 Å². The Morgan fingerprint density at radius 3 is 2.12 bits per heavy atom. The zero-order valence-electron chi connectivity index (χ0n) is 15.9. The average molecular weight is 481 g/mol. The molecule has 0 amide bonds. The number of hydrogen-bond acceptors (Lipinski definition) is 5. The lowest BCUT2D eigenvalue weighted by Crippen LogP contribution is -2.23. The lowest BCUT2D eigenvalue weighted by Gasteiger charge is -2.11. The summed E-state index contributed by atoms with van der Waals surface area (Å²) < 4.78 is 101. The van der Waals surface area contributed by atoms with Crippen LogP contribution in [0.1, 0.15) is 15.9 Å². The summed E-state index contributed by atoms with van der Waals surface area (Å²) in [6.07, 6.45) is -7.69. The van der Waals surface area contributed by atoms with Gasteiger partial charge in [0.15, 0.2) is 6.29 Å². The van der Waals surface area contributed by atoms with E-state index in [1.807, 2.05) is 0 Å². The summed E-state index contributed by atoms with van der Waals surface area (Å²) in [5.74, 6) is -2.17. The van der Waals surface area contributed by atoms with Crippen molar-refractivity contribution in [3.05, 3.63) is 65.9 Å². The van der Waals surface area contributed by atoms with Gasteiger partial charge < -0.3 is 4.74 Å². The van der Waals surface area contributed by atoms with E-state index in [2.05, 4.69) is 4.74 Å². The molecule has 172 valence electrons. The molecule has 32 heavy (non-hydrogen) atoms. The van der Waals surface area contributed by atoms with Crippen molar-refractivity contribution in [1.29, 1.82) is 0 Å². The number of ether oxygens (including phenoxy) is 1. The molecule has 0 N–H and O–H groups in total. The highest BCUT2D eigenvalue weighted by Gasteiger charge is 2.40. The first-order valence-electron chi connectivity index (χ1n) is 8.36. The Kier molecular flexibility index (Phi) is 7.03. The lowest BCUT2D eigenvalue weighted by atomic mass is 10.1. The molecule has 0 aliphatic rings. The molecular formula is C19H13F6NO5S. The zero-order valence-corrected chi connectivity index (χ0v) is 16.8. The van der Waals surface area contributed by atoms with Gasteiger partial charge in [-0.2, -0.15) is 26.3 Å². The van der Waals surface area contributed by atoms with Crippen molar-refractivity contribution in [3.63, 3.8) is 0 Å². The highest BCUT2D eigenvalue weighted by Crippen LogP contribution is 2.31. The smallest absolute Gasteiger partial charge is 0.462 e. The van der Waals surface area contributed by atoms with E-state index in [-0.39, 0.29) is 5.52 Å². The van der Waals surface area contributed by atoms with Crippen molar-refractivity contribution in [2.45, 2.75) is 17.2 Å². The highest BCUT2D eigenvalue weighted by molar-refractivity contribution is 7.90. The number of aromatic nitrogens is 1. The second-order valence-electron chi connectivity index (χ2n) is 6.03. The molecule has 6 nitrogen and oxygen atoms in total. The van der Waals surface area contributed by atoms with Crippen molar-refractivity contribution in [2.75, 3.05) is 7.11 Å². The Hall–Kier alpha value is -3.35. The first kappa shape index (κ1) is 24.9. The first-order chi connectivity index (χ1) is 14.7. The summed E-state index contributed by atoms with van der Waals surface area (Å²) in [7, 11) is -3.55. The number of aldehydes is 1. The molecule has 1 heterocycles. The third-order valence-electron chi connectivity index (χ3n) is 3.99. The van der Waals surface area contributed by atoms with Crippen molar-refractivity contribution in [1.82, 2.24) is 3.97 Å². The Bertz CT molecular complexity index is 1250. The Morgan fingerprint density at radius 2 is 1.62 bits per heavy atom. The summed E-state index contributed by atoms with van der Waals surface area (Å²) in [6.45, 7) is 0. The van der Waals surface area contributed by atoms with E-state index in [0.717, 1.165) is 22.2 Å². The number of benzene rings is 2. The molecule has 0 aliphatic heterocycles.